The molecular formula is C12H16O6. The molecule has 1 aliphatic rings. The third kappa shape index (κ3) is 2.63. The van der Waals surface area contributed by atoms with Gasteiger partial charge >= 0.3 is 0 Å². The fourth-order valence-corrected chi connectivity index (χ4v) is 1.86. The highest BCUT2D eigenvalue weighted by Crippen LogP contribution is 2.24. The van der Waals surface area contributed by atoms with Gasteiger partial charge in [-0.2, -0.15) is 0 Å². The van der Waals surface area contributed by atoms with Gasteiger partial charge in [0.1, 0.15) is 24.1 Å². The van der Waals surface area contributed by atoms with Crippen LogP contribution in [0.4, 0.5) is 0 Å². The number of hydrogen-bond acceptors (Lipinski definition) is 6. The van der Waals surface area contributed by atoms with Crippen molar-refractivity contribution in [2.45, 2.75) is 30.7 Å². The molecule has 1 saturated heterocycles. The average molecular weight is 256 g/mol. The Hall–Kier alpha value is -1.18. The van der Waals surface area contributed by atoms with Crippen molar-refractivity contribution in [1.29, 1.82) is 0 Å². The Balaban J connectivity index is 2.08. The summed E-state index contributed by atoms with van der Waals surface area (Å²) < 4.78 is 10.3. The van der Waals surface area contributed by atoms with Crippen LogP contribution in [0.25, 0.3) is 0 Å². The van der Waals surface area contributed by atoms with Gasteiger partial charge in [0.25, 0.3) is 0 Å². The van der Waals surface area contributed by atoms with Crippen LogP contribution in [0.2, 0.25) is 0 Å². The van der Waals surface area contributed by atoms with E-state index in [2.05, 4.69) is 0 Å². The average Bonchev–Trinajstić information content (AvgIpc) is 2.40. The lowest BCUT2D eigenvalue weighted by molar-refractivity contribution is -0.280. The normalized spacial score (nSPS) is 36.3. The Kier molecular flexibility index (Phi) is 4.15. The molecule has 0 aliphatic carbocycles. The Morgan fingerprint density at radius 1 is 1.06 bits per heavy atom. The molecule has 0 bridgehead atoms. The molecule has 100 valence electrons. The number of ether oxygens (including phenoxy) is 2. The van der Waals surface area contributed by atoms with Gasteiger partial charge in [0.05, 0.1) is 6.61 Å². The van der Waals surface area contributed by atoms with Gasteiger partial charge in [-0.3, -0.25) is 0 Å². The van der Waals surface area contributed by atoms with Gasteiger partial charge in [0.15, 0.2) is 12.4 Å². The number of benzene rings is 1. The van der Waals surface area contributed by atoms with Crippen molar-refractivity contribution in [3.05, 3.63) is 30.3 Å². The van der Waals surface area contributed by atoms with Crippen LogP contribution >= 0.6 is 0 Å². The monoisotopic (exact) mass is 256 g/mol. The summed E-state index contributed by atoms with van der Waals surface area (Å²) in [5.41, 5.74) is 0. The van der Waals surface area contributed by atoms with Crippen LogP contribution < -0.4 is 4.74 Å². The largest absolute Gasteiger partial charge is 0.482 e. The zero-order valence-electron chi connectivity index (χ0n) is 9.59. The van der Waals surface area contributed by atoms with Gasteiger partial charge in [-0.05, 0) is 12.1 Å². The molecule has 18 heavy (non-hydrogen) atoms. The second-order valence-corrected chi connectivity index (χ2v) is 4.12. The van der Waals surface area contributed by atoms with E-state index in [0.717, 1.165) is 0 Å². The van der Waals surface area contributed by atoms with Crippen molar-refractivity contribution >= 4 is 0 Å². The van der Waals surface area contributed by atoms with Crippen molar-refractivity contribution < 1.29 is 29.9 Å². The molecule has 0 unspecified atom stereocenters. The second-order valence-electron chi connectivity index (χ2n) is 4.12. The predicted molar refractivity (Wildman–Crippen MR) is 60.8 cm³/mol. The highest BCUT2D eigenvalue weighted by Gasteiger charge is 2.45. The summed E-state index contributed by atoms with van der Waals surface area (Å²) in [4.78, 5) is 0. The topological polar surface area (TPSA) is 99.4 Å². The SMILES string of the molecule is OC[C@H]1O[C@@H](O)[C@H](Oc2ccccc2)[C@@H](O)[C@@H]1O. The first-order valence-corrected chi connectivity index (χ1v) is 5.65. The Morgan fingerprint density at radius 3 is 2.33 bits per heavy atom. The van der Waals surface area contributed by atoms with Crippen molar-refractivity contribution in [1.82, 2.24) is 0 Å². The van der Waals surface area contributed by atoms with Crippen LogP contribution in [-0.4, -0.2) is 57.7 Å². The molecule has 1 heterocycles. The van der Waals surface area contributed by atoms with E-state index in [1.807, 2.05) is 0 Å². The number of aliphatic hydroxyl groups is 4. The maximum Gasteiger partial charge on any atom is 0.195 e. The molecule has 0 spiro atoms. The third-order valence-corrected chi connectivity index (χ3v) is 2.86. The molecule has 2 rings (SSSR count). The number of para-hydroxylation sites is 1. The standard InChI is InChI=1S/C12H16O6/c13-6-8-9(14)10(15)11(12(16)18-8)17-7-4-2-1-3-5-7/h1-5,8-16H,6H2/t8-,9-,10+,11-,12-/m1/s1. The lowest BCUT2D eigenvalue weighted by Crippen LogP contribution is -2.60. The molecule has 6 nitrogen and oxygen atoms in total. The third-order valence-electron chi connectivity index (χ3n) is 2.86. The molecule has 0 radical (unpaired) electrons. The summed E-state index contributed by atoms with van der Waals surface area (Å²) in [6.07, 6.45) is -6.20. The van der Waals surface area contributed by atoms with Gasteiger partial charge < -0.3 is 29.9 Å². The van der Waals surface area contributed by atoms with E-state index in [9.17, 15) is 15.3 Å². The van der Waals surface area contributed by atoms with E-state index in [1.54, 1.807) is 30.3 Å². The lowest BCUT2D eigenvalue weighted by atomic mass is 9.99. The minimum atomic E-state index is -1.42. The fraction of sp³-hybridized carbons (Fsp3) is 0.500. The van der Waals surface area contributed by atoms with Crippen LogP contribution in [0.3, 0.4) is 0 Å². The highest BCUT2D eigenvalue weighted by molar-refractivity contribution is 5.21. The smallest absolute Gasteiger partial charge is 0.195 e. The molecule has 5 atom stereocenters. The van der Waals surface area contributed by atoms with Crippen LogP contribution in [-0.2, 0) is 4.74 Å². The maximum atomic E-state index is 9.84. The molecule has 0 aromatic heterocycles. The number of aliphatic hydroxyl groups excluding tert-OH is 4. The minimum Gasteiger partial charge on any atom is -0.482 e. The van der Waals surface area contributed by atoms with Gasteiger partial charge in [0, 0.05) is 0 Å². The molecular weight excluding hydrogens is 240 g/mol. The predicted octanol–water partition coefficient (Wildman–Crippen LogP) is -1.13. The van der Waals surface area contributed by atoms with Gasteiger partial charge in [-0.25, -0.2) is 0 Å². The van der Waals surface area contributed by atoms with Crippen molar-refractivity contribution in [3.8, 4) is 5.75 Å². The van der Waals surface area contributed by atoms with Crippen molar-refractivity contribution in [3.63, 3.8) is 0 Å². The molecule has 6 heteroatoms. The maximum absolute atomic E-state index is 9.84. The Labute approximate surface area is 104 Å². The zero-order chi connectivity index (χ0) is 13.1. The van der Waals surface area contributed by atoms with E-state index < -0.39 is 37.3 Å². The van der Waals surface area contributed by atoms with Gasteiger partial charge in [0.2, 0.25) is 0 Å². The summed E-state index contributed by atoms with van der Waals surface area (Å²) in [5, 5.41) is 38.1. The van der Waals surface area contributed by atoms with Crippen molar-refractivity contribution in [2.24, 2.45) is 0 Å². The molecule has 4 N–H and O–H groups in total. The minimum absolute atomic E-state index is 0.443. The number of rotatable bonds is 3. The summed E-state index contributed by atoms with van der Waals surface area (Å²) >= 11 is 0. The van der Waals surface area contributed by atoms with E-state index in [0.29, 0.717) is 5.75 Å². The van der Waals surface area contributed by atoms with E-state index in [-0.39, 0.29) is 0 Å². The summed E-state index contributed by atoms with van der Waals surface area (Å²) in [6.45, 7) is -0.493. The Bertz CT molecular complexity index is 370. The van der Waals surface area contributed by atoms with Crippen LogP contribution in [0.1, 0.15) is 0 Å². The quantitative estimate of drug-likeness (QED) is 0.546. The van der Waals surface area contributed by atoms with Gasteiger partial charge in [-0.15, -0.1) is 0 Å². The number of hydrogen-bond donors (Lipinski definition) is 4. The zero-order valence-corrected chi connectivity index (χ0v) is 9.59. The summed E-state index contributed by atoms with van der Waals surface area (Å²) in [6, 6.07) is 8.59. The van der Waals surface area contributed by atoms with Gasteiger partial charge in [-0.1, -0.05) is 18.2 Å². The van der Waals surface area contributed by atoms with E-state index in [1.165, 1.54) is 0 Å². The molecule has 1 aromatic rings. The molecule has 1 aromatic carbocycles. The first-order valence-electron chi connectivity index (χ1n) is 5.65. The molecule has 0 amide bonds. The van der Waals surface area contributed by atoms with Crippen LogP contribution in [0.15, 0.2) is 30.3 Å². The van der Waals surface area contributed by atoms with E-state index >= 15 is 0 Å². The lowest BCUT2D eigenvalue weighted by Gasteiger charge is -2.39. The fourth-order valence-electron chi connectivity index (χ4n) is 1.86. The highest BCUT2D eigenvalue weighted by atomic mass is 16.7. The Morgan fingerprint density at radius 2 is 1.72 bits per heavy atom. The summed E-state index contributed by atoms with van der Waals surface area (Å²) in [5.74, 6) is 0.443. The molecule has 0 saturated carbocycles. The molecule has 1 aliphatic heterocycles. The van der Waals surface area contributed by atoms with E-state index in [4.69, 9.17) is 14.6 Å². The molecule has 1 fully saturated rings. The first kappa shape index (κ1) is 13.3. The van der Waals surface area contributed by atoms with Crippen molar-refractivity contribution in [2.75, 3.05) is 6.61 Å². The second kappa shape index (κ2) is 5.64. The van der Waals surface area contributed by atoms with Crippen LogP contribution in [0.5, 0.6) is 5.75 Å². The first-order chi connectivity index (χ1) is 8.63. The summed E-state index contributed by atoms with van der Waals surface area (Å²) in [7, 11) is 0. The van der Waals surface area contributed by atoms with Crippen LogP contribution in [0, 0.1) is 0 Å².